The molecule has 0 atom stereocenters. The first-order chi connectivity index (χ1) is 42.4. The van der Waals surface area contributed by atoms with Crippen LogP contribution in [0.15, 0.2) is 270 Å². The zero-order valence-corrected chi connectivity index (χ0v) is 45.6. The minimum Gasteiger partial charge on any atom is -0.465 e. The number of fused-ring (bicyclic) bond motifs is 19. The summed E-state index contributed by atoms with van der Waals surface area (Å²) in [6.07, 6.45) is 0. The number of benzene rings is 13. The van der Waals surface area contributed by atoms with Crippen LogP contribution in [0.3, 0.4) is 0 Å². The average molecular weight is 1110 g/mol. The minimum atomic E-state index is -1.07. The Balaban J connectivity index is 1.04. The van der Waals surface area contributed by atoms with Crippen molar-refractivity contribution in [3.05, 3.63) is 318 Å². The van der Waals surface area contributed by atoms with Gasteiger partial charge in [-0.1, -0.05) is 164 Å². The summed E-state index contributed by atoms with van der Waals surface area (Å²) in [5, 5.41) is 7.20. The third-order valence-electron chi connectivity index (χ3n) is 17.6. The maximum absolute atomic E-state index is 15.4. The van der Waals surface area contributed by atoms with Gasteiger partial charge in [0, 0.05) is 49.4 Å². The number of hydrogen-bond acceptors (Lipinski definition) is 5. The van der Waals surface area contributed by atoms with E-state index >= 15 is 8.78 Å². The fourth-order valence-electron chi connectivity index (χ4n) is 14.1. The van der Waals surface area contributed by atoms with Crippen LogP contribution in [0.1, 0.15) is 22.3 Å². The van der Waals surface area contributed by atoms with Crippen molar-refractivity contribution in [3.8, 4) is 11.1 Å². The fraction of sp³-hybridized carbons (Fsp3) is 0.0130. The number of anilines is 9. The lowest BCUT2D eigenvalue weighted by Crippen LogP contribution is -2.36. The van der Waals surface area contributed by atoms with Crippen LogP contribution in [0.4, 0.5) is 71.3 Å². The van der Waals surface area contributed by atoms with Gasteiger partial charge in [0.25, 0.3) is 0 Å². The summed E-state index contributed by atoms with van der Waals surface area (Å²) < 4.78 is 44.6. The van der Waals surface area contributed by atoms with Crippen molar-refractivity contribution < 1.29 is 17.6 Å². The van der Waals surface area contributed by atoms with Crippen LogP contribution in [-0.2, 0) is 5.41 Å². The molecular weight excluding hydrogens is 1060 g/mol. The molecule has 1 aliphatic heterocycles. The molecular formula is C77H43F2N5O2. The topological polar surface area (TPSA) is 44.7 Å². The van der Waals surface area contributed by atoms with Gasteiger partial charge in [0.2, 0.25) is 11.4 Å². The molecule has 3 heterocycles. The molecule has 9 heteroatoms. The van der Waals surface area contributed by atoms with Crippen LogP contribution in [0, 0.1) is 24.8 Å². The zero-order chi connectivity index (χ0) is 57.4. The van der Waals surface area contributed by atoms with E-state index in [1.165, 1.54) is 24.3 Å². The van der Waals surface area contributed by atoms with Crippen molar-refractivity contribution in [1.29, 1.82) is 0 Å². The molecule has 1 aliphatic carbocycles. The third kappa shape index (κ3) is 6.79. The first kappa shape index (κ1) is 48.9. The Kier molecular flexibility index (Phi) is 10.6. The largest absolute Gasteiger partial charge is 0.465 e. The number of halogens is 2. The van der Waals surface area contributed by atoms with Crippen LogP contribution in [-0.4, -0.2) is 0 Å². The van der Waals surface area contributed by atoms with E-state index in [9.17, 15) is 0 Å². The number of para-hydroxylation sites is 7. The van der Waals surface area contributed by atoms with Crippen LogP contribution in [0.2, 0.25) is 0 Å². The van der Waals surface area contributed by atoms with Gasteiger partial charge < -0.3 is 23.5 Å². The molecule has 86 heavy (non-hydrogen) atoms. The molecule has 15 aromatic rings. The van der Waals surface area contributed by atoms with E-state index in [1.54, 1.807) is 12.1 Å². The number of furan rings is 2. The Morgan fingerprint density at radius 1 is 0.337 bits per heavy atom. The third-order valence-corrected chi connectivity index (χ3v) is 17.6. The molecule has 0 amide bonds. The summed E-state index contributed by atoms with van der Waals surface area (Å²) in [7, 11) is 0. The second-order valence-electron chi connectivity index (χ2n) is 21.8. The lowest BCUT2D eigenvalue weighted by Gasteiger charge is -2.45. The number of rotatable bonds is 7. The molecule has 0 bridgehead atoms. The van der Waals surface area contributed by atoms with Crippen molar-refractivity contribution in [2.75, 3.05) is 14.7 Å². The monoisotopic (exact) mass is 1110 g/mol. The van der Waals surface area contributed by atoms with Crippen LogP contribution in [0.25, 0.3) is 86.2 Å². The van der Waals surface area contributed by atoms with E-state index in [2.05, 4.69) is 158 Å². The summed E-state index contributed by atoms with van der Waals surface area (Å²) >= 11 is 0. The van der Waals surface area contributed by atoms with Crippen molar-refractivity contribution in [1.82, 2.24) is 0 Å². The number of hydrogen-bond donors (Lipinski definition) is 0. The van der Waals surface area contributed by atoms with Gasteiger partial charge in [0.15, 0.2) is 11.2 Å². The smallest absolute Gasteiger partial charge is 0.229 e. The minimum absolute atomic E-state index is 0.369. The van der Waals surface area contributed by atoms with Gasteiger partial charge in [-0.15, -0.1) is 0 Å². The zero-order valence-electron chi connectivity index (χ0n) is 45.6. The molecule has 0 fully saturated rings. The highest BCUT2D eigenvalue weighted by molar-refractivity contribution is 6.21. The van der Waals surface area contributed by atoms with E-state index in [-0.39, 0.29) is 11.6 Å². The first-order valence-electron chi connectivity index (χ1n) is 28.3. The van der Waals surface area contributed by atoms with Crippen molar-refractivity contribution in [2.24, 2.45) is 0 Å². The van der Waals surface area contributed by atoms with E-state index < -0.39 is 5.41 Å². The second kappa shape index (κ2) is 18.6. The fourth-order valence-corrected chi connectivity index (χ4v) is 14.1. The Bertz CT molecular complexity index is 5130. The van der Waals surface area contributed by atoms with E-state index in [4.69, 9.17) is 22.0 Å². The van der Waals surface area contributed by atoms with Crippen LogP contribution in [0.5, 0.6) is 0 Å². The molecule has 402 valence electrons. The van der Waals surface area contributed by atoms with Gasteiger partial charge in [-0.3, -0.25) is 0 Å². The SMILES string of the molecule is [C-]#[N+]c1cccc2c1oc1c(N(c3ccc(F)cc3)c3cc4c(c5ccccc35)-c3c(cc(N(c5ccc(F)cc5)c5cccc6c5oc5c([N+]#[C-])cccc56)c5ccccc35)C43c4ccccc4N(c4ccccc4)c4ccccc43)cccc12. The lowest BCUT2D eigenvalue weighted by molar-refractivity contribution is 0.627. The first-order valence-corrected chi connectivity index (χ1v) is 28.3. The number of nitrogens with zero attached hydrogens (tertiary/aromatic N) is 5. The van der Waals surface area contributed by atoms with Gasteiger partial charge in [0.1, 0.15) is 22.8 Å². The molecule has 1 spiro atoms. The molecule has 13 aromatic carbocycles. The maximum atomic E-state index is 15.4. The molecule has 0 unspecified atom stereocenters. The van der Waals surface area contributed by atoms with Gasteiger partial charge in [-0.2, -0.15) is 0 Å². The van der Waals surface area contributed by atoms with E-state index in [0.29, 0.717) is 56.5 Å². The summed E-state index contributed by atoms with van der Waals surface area (Å²) in [6, 6.07) is 86.5. The summed E-state index contributed by atoms with van der Waals surface area (Å²) in [5.41, 5.74) is 15.6. The van der Waals surface area contributed by atoms with Gasteiger partial charge in [0.05, 0.1) is 52.7 Å². The lowest BCUT2D eigenvalue weighted by atomic mass is 9.64. The average Bonchev–Trinajstić information content (AvgIpc) is 1.46. The van der Waals surface area contributed by atoms with Crippen LogP contribution >= 0.6 is 0 Å². The Labute approximate surface area is 491 Å². The predicted octanol–water partition coefficient (Wildman–Crippen LogP) is 22.3. The second-order valence-corrected chi connectivity index (χ2v) is 21.8. The van der Waals surface area contributed by atoms with E-state index in [0.717, 1.165) is 105 Å². The quantitative estimate of drug-likeness (QED) is 0.149. The molecule has 17 rings (SSSR count). The highest BCUT2D eigenvalue weighted by Gasteiger charge is 2.54. The summed E-state index contributed by atoms with van der Waals surface area (Å²) in [4.78, 5) is 14.5. The molecule has 0 saturated heterocycles. The molecule has 7 nitrogen and oxygen atoms in total. The Hall–Kier alpha value is -11.8. The van der Waals surface area contributed by atoms with E-state index in [1.807, 2.05) is 91.0 Å². The normalized spacial score (nSPS) is 12.8. The van der Waals surface area contributed by atoms with Gasteiger partial charge >= 0.3 is 0 Å². The Morgan fingerprint density at radius 2 is 0.709 bits per heavy atom. The summed E-state index contributed by atoms with van der Waals surface area (Å²) in [5.74, 6) is -0.739. The predicted molar refractivity (Wildman–Crippen MR) is 343 cm³/mol. The standard InChI is InChI=1S/C77H43F2N5O2/c1-80-63-30-14-24-55-57-26-16-34-67(75(57)85-73(55)63)83(49-40-36-46(78)37-41-49)69-44-61-71(53-22-8-6-20-51(53)69)72-54-23-9-7-21-52(54)70(84(50-42-38-47(79)39-43-50)68-35-17-27-58-56-25-15-31-64(81-2)74(56)86-76(58)68)45-62(72)77(61)59-28-10-12-32-65(59)82(48-18-4-3-5-19-48)66-33-13-11-29-60(66)77/h3-45H. The van der Waals surface area contributed by atoms with Crippen LogP contribution < -0.4 is 14.7 Å². The molecule has 0 saturated carbocycles. The molecule has 0 N–H and O–H groups in total. The highest BCUT2D eigenvalue weighted by Crippen LogP contribution is 2.67. The Morgan fingerprint density at radius 3 is 1.15 bits per heavy atom. The van der Waals surface area contributed by atoms with Crippen molar-refractivity contribution in [3.63, 3.8) is 0 Å². The highest BCUT2D eigenvalue weighted by atomic mass is 19.1. The molecule has 0 radical (unpaired) electrons. The molecule has 2 aliphatic rings. The summed E-state index contributed by atoms with van der Waals surface area (Å²) in [6.45, 7) is 16.3. The van der Waals surface area contributed by atoms with Gasteiger partial charge in [-0.25, -0.2) is 18.5 Å². The van der Waals surface area contributed by atoms with Crippen molar-refractivity contribution >= 4 is 128 Å². The van der Waals surface area contributed by atoms with Gasteiger partial charge in [-0.05, 0) is 141 Å². The van der Waals surface area contributed by atoms with Crippen molar-refractivity contribution in [2.45, 2.75) is 5.41 Å². The molecule has 2 aromatic heterocycles. The maximum Gasteiger partial charge on any atom is 0.229 e.